The molecule has 0 saturated heterocycles. The number of ether oxygens (including phenoxy) is 1. The van der Waals surface area contributed by atoms with Crippen molar-refractivity contribution in [2.75, 3.05) is 60.2 Å². The number of hydrogen-bond acceptors (Lipinski definition) is 9. The van der Waals surface area contributed by atoms with Crippen molar-refractivity contribution in [3.63, 3.8) is 0 Å². The van der Waals surface area contributed by atoms with Crippen LogP contribution >= 0.6 is 23.5 Å². The summed E-state index contributed by atoms with van der Waals surface area (Å²) in [7, 11) is 0. The number of urea groups is 1. The average molecular weight is 670 g/mol. The molecule has 0 unspecified atom stereocenters. The molecule has 2 amide bonds. The molecule has 15 heteroatoms. The normalized spacial score (nSPS) is 11.4. The third-order valence-electron chi connectivity index (χ3n) is 6.26. The number of thioether (sulfide) groups is 2. The van der Waals surface area contributed by atoms with Gasteiger partial charge in [-0.3, -0.25) is 0 Å². The van der Waals surface area contributed by atoms with Gasteiger partial charge in [0.2, 0.25) is 0 Å². The standard InChI is InChI=1S/C30H39F4N7O2S2/c31-18-20-15-25(28(45-13-10-38)17-27(20)44-12-9-37)41-29(42)40-21-3-6-26(19(14-21)2-1-7-35)43-22-4-5-24(39-11-8-36)23(16-22)30(32,33)34/h3-6,14-17,39H,1-2,7-13,18,35-38H2,(H2,40,41,42). The molecule has 3 rings (SSSR count). The van der Waals surface area contributed by atoms with E-state index in [2.05, 4.69) is 16.0 Å². The highest BCUT2D eigenvalue weighted by Gasteiger charge is 2.34. The summed E-state index contributed by atoms with van der Waals surface area (Å²) < 4.78 is 61.0. The van der Waals surface area contributed by atoms with Gasteiger partial charge in [-0.05, 0) is 79.0 Å². The molecular weight excluding hydrogens is 631 g/mol. The maximum absolute atomic E-state index is 13.9. The summed E-state index contributed by atoms with van der Waals surface area (Å²) in [5, 5.41) is 8.25. The zero-order valence-electron chi connectivity index (χ0n) is 24.6. The lowest BCUT2D eigenvalue weighted by Crippen LogP contribution is -2.20. The van der Waals surface area contributed by atoms with Crippen molar-refractivity contribution in [1.82, 2.24) is 0 Å². The van der Waals surface area contributed by atoms with E-state index in [-0.39, 0.29) is 24.5 Å². The van der Waals surface area contributed by atoms with Gasteiger partial charge in [0.05, 0.1) is 11.3 Å². The molecule has 0 aliphatic rings. The summed E-state index contributed by atoms with van der Waals surface area (Å²) in [6.07, 6.45) is -3.59. The van der Waals surface area contributed by atoms with Gasteiger partial charge in [-0.2, -0.15) is 13.2 Å². The number of alkyl halides is 4. The second kappa shape index (κ2) is 18.1. The fourth-order valence-corrected chi connectivity index (χ4v) is 5.96. The first-order valence-electron chi connectivity index (χ1n) is 14.3. The first-order chi connectivity index (χ1) is 21.6. The number of nitrogens with one attached hydrogen (secondary N) is 3. The zero-order valence-corrected chi connectivity index (χ0v) is 26.3. The highest BCUT2D eigenvalue weighted by Crippen LogP contribution is 2.39. The van der Waals surface area contributed by atoms with Crippen molar-refractivity contribution in [3.8, 4) is 11.5 Å². The predicted molar refractivity (Wildman–Crippen MR) is 176 cm³/mol. The molecule has 45 heavy (non-hydrogen) atoms. The Morgan fingerprint density at radius 2 is 1.53 bits per heavy atom. The lowest BCUT2D eigenvalue weighted by atomic mass is 10.1. The van der Waals surface area contributed by atoms with Crippen LogP contribution in [0.3, 0.4) is 0 Å². The Hall–Kier alpha value is -3.21. The van der Waals surface area contributed by atoms with E-state index < -0.39 is 24.4 Å². The van der Waals surface area contributed by atoms with Crippen LogP contribution in [0.15, 0.2) is 58.3 Å². The molecule has 0 atom stereocenters. The highest BCUT2D eigenvalue weighted by atomic mass is 32.2. The molecule has 0 radical (unpaired) electrons. The molecule has 0 spiro atoms. The Labute approximate surface area is 268 Å². The minimum atomic E-state index is -4.61. The summed E-state index contributed by atoms with van der Waals surface area (Å²) in [5.41, 5.74) is 23.4. The SMILES string of the molecule is NCCCc1cc(NC(=O)Nc2cc(CF)c(SCCN)cc2SCCN)ccc1Oc1ccc(NCCN)c(C(F)(F)F)c1. The lowest BCUT2D eigenvalue weighted by Gasteiger charge is -2.18. The van der Waals surface area contributed by atoms with Crippen molar-refractivity contribution in [1.29, 1.82) is 0 Å². The van der Waals surface area contributed by atoms with Gasteiger partial charge in [0.1, 0.15) is 18.2 Å². The Balaban J connectivity index is 1.84. The summed E-state index contributed by atoms with van der Waals surface area (Å²) in [6.45, 7) is 0.865. The Bertz CT molecular complexity index is 1410. The summed E-state index contributed by atoms with van der Waals surface area (Å²) in [6, 6.07) is 11.4. The molecule has 246 valence electrons. The first-order valence-corrected chi connectivity index (χ1v) is 16.2. The Kier molecular flexibility index (Phi) is 14.6. The van der Waals surface area contributed by atoms with E-state index >= 15 is 0 Å². The largest absolute Gasteiger partial charge is 0.457 e. The topological polar surface area (TPSA) is 166 Å². The van der Waals surface area contributed by atoms with Crippen LogP contribution in [-0.2, 0) is 19.3 Å². The summed E-state index contributed by atoms with van der Waals surface area (Å²) >= 11 is 2.88. The van der Waals surface area contributed by atoms with E-state index in [0.717, 1.165) is 15.9 Å². The lowest BCUT2D eigenvalue weighted by molar-refractivity contribution is -0.137. The second-order valence-corrected chi connectivity index (χ2v) is 12.0. The van der Waals surface area contributed by atoms with E-state index in [1.807, 2.05) is 6.07 Å². The quantitative estimate of drug-likeness (QED) is 0.0677. The number of carbonyl (C=O) groups excluding carboxylic acids is 1. The first kappa shape index (κ1) is 36.3. The van der Waals surface area contributed by atoms with Crippen LogP contribution in [0.2, 0.25) is 0 Å². The molecule has 3 aromatic carbocycles. The molecule has 9 nitrogen and oxygen atoms in total. The number of anilines is 3. The second-order valence-electron chi connectivity index (χ2n) is 9.68. The third kappa shape index (κ3) is 11.0. The predicted octanol–water partition coefficient (Wildman–Crippen LogP) is 5.97. The Morgan fingerprint density at radius 3 is 2.18 bits per heavy atom. The van der Waals surface area contributed by atoms with Gasteiger partial charge >= 0.3 is 12.2 Å². The molecular formula is C30H39F4N7O2S2. The number of halogens is 4. The average Bonchev–Trinajstić information content (AvgIpc) is 3.02. The van der Waals surface area contributed by atoms with Crippen molar-refractivity contribution >= 4 is 46.6 Å². The van der Waals surface area contributed by atoms with Crippen molar-refractivity contribution < 1.29 is 27.1 Å². The number of amides is 2. The summed E-state index contributed by atoms with van der Waals surface area (Å²) in [5.74, 6) is 1.53. The minimum absolute atomic E-state index is 0.00711. The maximum atomic E-state index is 13.9. The van der Waals surface area contributed by atoms with Gasteiger partial charge in [0.15, 0.2) is 0 Å². The van der Waals surface area contributed by atoms with Crippen LogP contribution in [0.4, 0.5) is 39.4 Å². The fraction of sp³-hybridized carbons (Fsp3) is 0.367. The van der Waals surface area contributed by atoms with Crippen LogP contribution in [0.25, 0.3) is 0 Å². The zero-order chi connectivity index (χ0) is 32.8. The van der Waals surface area contributed by atoms with Crippen molar-refractivity contribution in [2.45, 2.75) is 35.5 Å². The molecule has 0 bridgehead atoms. The molecule has 0 fully saturated rings. The van der Waals surface area contributed by atoms with E-state index in [9.17, 15) is 22.4 Å². The summed E-state index contributed by atoms with van der Waals surface area (Å²) in [4.78, 5) is 14.5. The van der Waals surface area contributed by atoms with Crippen molar-refractivity contribution in [3.05, 3.63) is 65.2 Å². The number of benzene rings is 3. The minimum Gasteiger partial charge on any atom is -0.457 e. The molecule has 3 aromatic rings. The molecule has 0 saturated carbocycles. The smallest absolute Gasteiger partial charge is 0.418 e. The van der Waals surface area contributed by atoms with Gasteiger partial charge in [-0.15, -0.1) is 23.5 Å². The number of aryl methyl sites for hydroxylation is 1. The number of carbonyl (C=O) groups is 1. The van der Waals surface area contributed by atoms with E-state index in [1.54, 1.807) is 24.3 Å². The van der Waals surface area contributed by atoms with Gasteiger partial charge in [-0.1, -0.05) is 0 Å². The highest BCUT2D eigenvalue weighted by molar-refractivity contribution is 8.00. The molecule has 0 aliphatic carbocycles. The number of hydrogen-bond donors (Lipinski definition) is 7. The van der Waals surface area contributed by atoms with E-state index in [0.29, 0.717) is 72.2 Å². The van der Waals surface area contributed by atoms with Gasteiger partial charge in [0.25, 0.3) is 0 Å². The maximum Gasteiger partial charge on any atom is 0.418 e. The van der Waals surface area contributed by atoms with Crippen LogP contribution in [0, 0.1) is 0 Å². The van der Waals surface area contributed by atoms with Gasteiger partial charge < -0.3 is 43.6 Å². The van der Waals surface area contributed by atoms with Crippen LogP contribution in [0.5, 0.6) is 11.5 Å². The van der Waals surface area contributed by atoms with Crippen LogP contribution in [0.1, 0.15) is 23.1 Å². The molecule has 0 aliphatic heterocycles. The van der Waals surface area contributed by atoms with Crippen molar-refractivity contribution in [2.24, 2.45) is 22.9 Å². The monoisotopic (exact) mass is 669 g/mol. The van der Waals surface area contributed by atoms with E-state index in [4.69, 9.17) is 27.7 Å². The van der Waals surface area contributed by atoms with Crippen LogP contribution < -0.4 is 43.6 Å². The third-order valence-corrected chi connectivity index (χ3v) is 8.48. The molecule has 0 heterocycles. The van der Waals surface area contributed by atoms with Gasteiger partial charge in [-0.25, -0.2) is 9.18 Å². The van der Waals surface area contributed by atoms with Gasteiger partial charge in [0, 0.05) is 58.9 Å². The van der Waals surface area contributed by atoms with E-state index in [1.165, 1.54) is 35.7 Å². The molecule has 11 N–H and O–H groups in total. The Morgan fingerprint density at radius 1 is 0.800 bits per heavy atom. The fourth-order valence-electron chi connectivity index (χ4n) is 4.24. The van der Waals surface area contributed by atoms with Crippen LogP contribution in [-0.4, -0.2) is 50.3 Å². The number of nitrogens with two attached hydrogens (primary N) is 4. The number of rotatable bonds is 17. The molecule has 0 aromatic heterocycles.